The van der Waals surface area contributed by atoms with Crippen molar-refractivity contribution in [3.63, 3.8) is 0 Å². The molecule has 0 aromatic carbocycles. The average Bonchev–Trinajstić information content (AvgIpc) is 3.19. The Morgan fingerprint density at radius 2 is 2.23 bits per heavy atom. The lowest BCUT2D eigenvalue weighted by Gasteiger charge is -2.04. The first-order valence-electron chi connectivity index (χ1n) is 6.51. The number of rotatable bonds is 5. The van der Waals surface area contributed by atoms with Gasteiger partial charge >= 0.3 is 0 Å². The van der Waals surface area contributed by atoms with Gasteiger partial charge in [0, 0.05) is 22.4 Å². The van der Waals surface area contributed by atoms with Crippen molar-refractivity contribution in [3.8, 4) is 16.5 Å². The summed E-state index contributed by atoms with van der Waals surface area (Å²) >= 11 is 3.18. The maximum absolute atomic E-state index is 12.0. The van der Waals surface area contributed by atoms with Crippen LogP contribution in [0.25, 0.3) is 10.6 Å². The standard InChI is InChI=1S/C15H13N3O2S2/c1-20-14-3-2-11(7-16-14)17-13(19)6-12-9-22-15(18-12)10-4-5-21-8-10/h2-5,7-9H,6H2,1H3,(H,17,19). The Balaban J connectivity index is 1.61. The minimum atomic E-state index is -0.117. The summed E-state index contributed by atoms with van der Waals surface area (Å²) < 4.78 is 4.98. The lowest BCUT2D eigenvalue weighted by atomic mass is 10.3. The highest BCUT2D eigenvalue weighted by Crippen LogP contribution is 2.25. The number of thiazole rings is 1. The zero-order chi connectivity index (χ0) is 15.4. The zero-order valence-corrected chi connectivity index (χ0v) is 13.4. The van der Waals surface area contributed by atoms with Gasteiger partial charge in [0.2, 0.25) is 11.8 Å². The van der Waals surface area contributed by atoms with Crippen LogP contribution in [0.2, 0.25) is 0 Å². The van der Waals surface area contributed by atoms with Crippen molar-refractivity contribution >= 4 is 34.3 Å². The van der Waals surface area contributed by atoms with Crippen molar-refractivity contribution in [1.82, 2.24) is 9.97 Å². The molecule has 0 unspecified atom stereocenters. The van der Waals surface area contributed by atoms with Crippen molar-refractivity contribution < 1.29 is 9.53 Å². The molecule has 0 fully saturated rings. The predicted octanol–water partition coefficient (Wildman–Crippen LogP) is 3.46. The van der Waals surface area contributed by atoms with E-state index in [9.17, 15) is 4.79 Å². The first kappa shape index (κ1) is 14.7. The van der Waals surface area contributed by atoms with Crippen LogP contribution in [0.1, 0.15) is 5.69 Å². The number of nitrogens with one attached hydrogen (secondary N) is 1. The number of methoxy groups -OCH3 is 1. The number of hydrogen-bond donors (Lipinski definition) is 1. The predicted molar refractivity (Wildman–Crippen MR) is 88.5 cm³/mol. The maximum Gasteiger partial charge on any atom is 0.230 e. The Labute approximate surface area is 135 Å². The van der Waals surface area contributed by atoms with Crippen molar-refractivity contribution in [1.29, 1.82) is 0 Å². The van der Waals surface area contributed by atoms with Gasteiger partial charge in [-0.05, 0) is 17.5 Å². The van der Waals surface area contributed by atoms with Crippen LogP contribution in [-0.4, -0.2) is 23.0 Å². The third-order valence-electron chi connectivity index (χ3n) is 2.89. The summed E-state index contributed by atoms with van der Waals surface area (Å²) in [4.78, 5) is 20.6. The normalized spacial score (nSPS) is 10.4. The van der Waals surface area contributed by atoms with Crippen LogP contribution in [0.15, 0.2) is 40.5 Å². The second-order valence-corrected chi connectivity index (χ2v) is 6.11. The first-order chi connectivity index (χ1) is 10.7. The van der Waals surface area contributed by atoms with Gasteiger partial charge in [0.15, 0.2) is 0 Å². The first-order valence-corrected chi connectivity index (χ1v) is 8.34. The number of hydrogen-bond acceptors (Lipinski definition) is 6. The molecule has 1 N–H and O–H groups in total. The molecule has 0 aliphatic heterocycles. The van der Waals surface area contributed by atoms with E-state index in [1.165, 1.54) is 0 Å². The molecule has 0 aliphatic carbocycles. The molecule has 7 heteroatoms. The van der Waals surface area contributed by atoms with Gasteiger partial charge in [0.25, 0.3) is 0 Å². The Morgan fingerprint density at radius 3 is 2.91 bits per heavy atom. The minimum Gasteiger partial charge on any atom is -0.481 e. The topological polar surface area (TPSA) is 64.1 Å². The molecule has 0 spiro atoms. The molecule has 0 radical (unpaired) electrons. The molecule has 3 heterocycles. The largest absolute Gasteiger partial charge is 0.481 e. The Bertz CT molecular complexity index is 751. The lowest BCUT2D eigenvalue weighted by Crippen LogP contribution is -2.14. The molecule has 5 nitrogen and oxygen atoms in total. The van der Waals surface area contributed by atoms with E-state index in [0.717, 1.165) is 16.3 Å². The van der Waals surface area contributed by atoms with Crippen LogP contribution in [0.5, 0.6) is 5.88 Å². The number of carbonyl (C=O) groups is 1. The maximum atomic E-state index is 12.0. The summed E-state index contributed by atoms with van der Waals surface area (Å²) in [6.45, 7) is 0. The fourth-order valence-electron chi connectivity index (χ4n) is 1.85. The lowest BCUT2D eigenvalue weighted by molar-refractivity contribution is -0.115. The summed E-state index contributed by atoms with van der Waals surface area (Å²) in [7, 11) is 1.55. The van der Waals surface area contributed by atoms with Crippen molar-refractivity contribution in [2.24, 2.45) is 0 Å². The van der Waals surface area contributed by atoms with Gasteiger partial charge in [-0.15, -0.1) is 11.3 Å². The third-order valence-corrected chi connectivity index (χ3v) is 4.51. The molecule has 3 aromatic rings. The molecule has 112 valence electrons. The number of ether oxygens (including phenoxy) is 1. The molecular weight excluding hydrogens is 318 g/mol. The molecule has 0 bridgehead atoms. The molecule has 22 heavy (non-hydrogen) atoms. The molecule has 3 rings (SSSR count). The Hall–Kier alpha value is -2.25. The number of pyridine rings is 1. The van der Waals surface area contributed by atoms with E-state index < -0.39 is 0 Å². The average molecular weight is 331 g/mol. The summed E-state index contributed by atoms with van der Waals surface area (Å²) in [5.41, 5.74) is 2.50. The molecule has 1 amide bonds. The van der Waals surface area contributed by atoms with Crippen LogP contribution in [0.4, 0.5) is 5.69 Å². The van der Waals surface area contributed by atoms with Gasteiger partial charge in [0.05, 0.1) is 31.1 Å². The van der Waals surface area contributed by atoms with Gasteiger partial charge < -0.3 is 10.1 Å². The van der Waals surface area contributed by atoms with E-state index in [4.69, 9.17) is 4.74 Å². The number of anilines is 1. The van der Waals surface area contributed by atoms with Crippen molar-refractivity contribution in [2.45, 2.75) is 6.42 Å². The van der Waals surface area contributed by atoms with Gasteiger partial charge in [-0.3, -0.25) is 4.79 Å². The summed E-state index contributed by atoms with van der Waals surface area (Å²) in [6.07, 6.45) is 1.81. The number of aromatic nitrogens is 2. The SMILES string of the molecule is COc1ccc(NC(=O)Cc2csc(-c3ccsc3)n2)cn1. The monoisotopic (exact) mass is 331 g/mol. The van der Waals surface area contributed by atoms with Gasteiger partial charge in [-0.25, -0.2) is 9.97 Å². The van der Waals surface area contributed by atoms with Crippen LogP contribution in [0.3, 0.4) is 0 Å². The Morgan fingerprint density at radius 1 is 1.32 bits per heavy atom. The van der Waals surface area contributed by atoms with Crippen LogP contribution < -0.4 is 10.1 Å². The highest BCUT2D eigenvalue weighted by Gasteiger charge is 2.10. The highest BCUT2D eigenvalue weighted by molar-refractivity contribution is 7.14. The summed E-state index contributed by atoms with van der Waals surface area (Å²) in [6, 6.07) is 5.48. The number of amides is 1. The van der Waals surface area contributed by atoms with E-state index in [2.05, 4.69) is 15.3 Å². The molecule has 0 saturated carbocycles. The summed E-state index contributed by atoms with van der Waals surface area (Å²) in [5, 5.41) is 9.71. The second kappa shape index (κ2) is 6.67. The number of nitrogens with zero attached hydrogens (tertiary/aromatic N) is 2. The quantitative estimate of drug-likeness (QED) is 0.778. The highest BCUT2D eigenvalue weighted by atomic mass is 32.1. The molecule has 0 aliphatic rings. The number of thiophene rings is 1. The van der Waals surface area contributed by atoms with Gasteiger partial charge in [0.1, 0.15) is 5.01 Å². The van der Waals surface area contributed by atoms with E-state index in [0.29, 0.717) is 11.6 Å². The third kappa shape index (κ3) is 3.49. The van der Waals surface area contributed by atoms with Crippen LogP contribution >= 0.6 is 22.7 Å². The molecule has 0 saturated heterocycles. The smallest absolute Gasteiger partial charge is 0.230 e. The van der Waals surface area contributed by atoms with Crippen molar-refractivity contribution in [3.05, 3.63) is 46.2 Å². The zero-order valence-electron chi connectivity index (χ0n) is 11.8. The van der Waals surface area contributed by atoms with Gasteiger partial charge in [-0.2, -0.15) is 11.3 Å². The minimum absolute atomic E-state index is 0.117. The summed E-state index contributed by atoms with van der Waals surface area (Å²) in [5.74, 6) is 0.395. The molecule has 3 aromatic heterocycles. The van der Waals surface area contributed by atoms with Gasteiger partial charge in [-0.1, -0.05) is 0 Å². The van der Waals surface area contributed by atoms with Crippen molar-refractivity contribution in [2.75, 3.05) is 12.4 Å². The fraction of sp³-hybridized carbons (Fsp3) is 0.133. The molecular formula is C15H13N3O2S2. The number of carbonyl (C=O) groups excluding carboxylic acids is 1. The van der Waals surface area contributed by atoms with Crippen LogP contribution in [0, 0.1) is 0 Å². The second-order valence-electron chi connectivity index (χ2n) is 4.47. The molecule has 0 atom stereocenters. The van der Waals surface area contributed by atoms with E-state index >= 15 is 0 Å². The fourth-order valence-corrected chi connectivity index (χ4v) is 3.38. The van der Waals surface area contributed by atoms with E-state index in [1.54, 1.807) is 48.1 Å². The van der Waals surface area contributed by atoms with E-state index in [-0.39, 0.29) is 12.3 Å². The van der Waals surface area contributed by atoms with E-state index in [1.807, 2.05) is 22.2 Å². The van der Waals surface area contributed by atoms with Crippen LogP contribution in [-0.2, 0) is 11.2 Å². The Kier molecular flexibility index (Phi) is 4.45.